The van der Waals surface area contributed by atoms with Gasteiger partial charge < -0.3 is 93.7 Å². The summed E-state index contributed by atoms with van der Waals surface area (Å²) in [7, 11) is 0. The van der Waals surface area contributed by atoms with Gasteiger partial charge in [-0.3, -0.25) is 5.32 Å². The highest BCUT2D eigenvalue weighted by Crippen LogP contribution is 2.70. The summed E-state index contributed by atoms with van der Waals surface area (Å²) in [6.07, 6.45) is -18.7. The molecule has 0 bridgehead atoms. The maximum absolute atomic E-state index is 11.3. The van der Waals surface area contributed by atoms with Crippen LogP contribution in [0, 0.1) is 46.3 Å². The Labute approximate surface area is 409 Å². The maximum Gasteiger partial charge on any atom is 0.187 e. The third-order valence-electron chi connectivity index (χ3n) is 19.6. The summed E-state index contributed by atoms with van der Waals surface area (Å²) < 4.78 is 57.2. The fourth-order valence-electron chi connectivity index (χ4n) is 15.3. The summed E-state index contributed by atoms with van der Waals surface area (Å²) in [5.74, 6) is 3.16. The lowest BCUT2D eigenvalue weighted by Gasteiger charge is -2.59. The summed E-state index contributed by atoms with van der Waals surface area (Å²) in [4.78, 5) is 0. The Kier molecular flexibility index (Phi) is 14.8. The number of aliphatic hydroxyl groups excluding tert-OH is 10. The van der Waals surface area contributed by atoms with Crippen LogP contribution >= 0.6 is 0 Å². The Hall–Kier alpha value is -1.06. The van der Waals surface area contributed by atoms with Crippen LogP contribution in [-0.2, 0) is 42.6 Å². The van der Waals surface area contributed by atoms with Gasteiger partial charge in [-0.25, -0.2) is 0 Å². The fourth-order valence-corrected chi connectivity index (χ4v) is 15.3. The van der Waals surface area contributed by atoms with Crippen LogP contribution in [0.25, 0.3) is 0 Å². The van der Waals surface area contributed by atoms with Gasteiger partial charge >= 0.3 is 0 Å². The normalized spacial score (nSPS) is 58.0. The number of ether oxygens (including phenoxy) is 9. The van der Waals surface area contributed by atoms with Crippen molar-refractivity contribution in [3.63, 3.8) is 0 Å². The molecule has 400 valence electrons. The van der Waals surface area contributed by atoms with Crippen LogP contribution in [-0.4, -0.2) is 205 Å². The Morgan fingerprint density at radius 1 is 0.657 bits per heavy atom. The highest BCUT2D eigenvalue weighted by molar-refractivity contribution is 5.27. The van der Waals surface area contributed by atoms with Crippen molar-refractivity contribution in [2.45, 2.75) is 234 Å². The molecule has 0 aromatic heterocycles. The molecule has 4 aliphatic carbocycles. The van der Waals surface area contributed by atoms with Gasteiger partial charge in [0.25, 0.3) is 0 Å². The SMILES string of the molecule is C[C@H]1CC[C@@]2(NC1)OC1C[C@H]3[C@@H]4CC=C5CC(O[C@@H]6O[C@H](CO)[C@@H](O[C@@H]7O[C@@H](C)[C@H](O)[C@@H](O)[C@H]7O)[C@H](O[C@@H]7OC[C@@H](O)[C@H](O)[C@H]7O)[C@H]6O[C@@H]6O[C@@H](C)[C@H](O)[C@@H](O)[C@H]6O)CC[C@]5(C)[C@H]4CC[C@]3(C)[C@H]1[C@@H]2C. The lowest BCUT2D eigenvalue weighted by molar-refractivity contribution is -0.407. The molecular formula is C50H81NO19. The molecule has 0 aromatic rings. The van der Waals surface area contributed by atoms with Gasteiger partial charge in [-0.2, -0.15) is 0 Å². The smallest absolute Gasteiger partial charge is 0.187 e. The van der Waals surface area contributed by atoms with Crippen molar-refractivity contribution < 1.29 is 93.7 Å². The minimum absolute atomic E-state index is 0.0821. The van der Waals surface area contributed by atoms with Gasteiger partial charge in [0.15, 0.2) is 25.2 Å². The zero-order valence-electron chi connectivity index (χ0n) is 41.3. The van der Waals surface area contributed by atoms with Gasteiger partial charge in [-0.15, -0.1) is 0 Å². The van der Waals surface area contributed by atoms with E-state index < -0.39 is 136 Å². The van der Waals surface area contributed by atoms with Crippen molar-refractivity contribution in [1.82, 2.24) is 5.32 Å². The van der Waals surface area contributed by atoms with Crippen LogP contribution in [0.1, 0.15) is 99.3 Å². The molecule has 20 nitrogen and oxygen atoms in total. The fraction of sp³-hybridized carbons (Fsp3) is 0.960. The number of fused-ring (bicyclic) bond motifs is 7. The standard InChI is InChI=1S/C50H81NO19/c1-20-9-14-50(51-17-20)21(2)32-30(70-50)16-28-26-8-7-24-15-25(10-12-48(24,5)27(26)11-13-49(28,32)6)65-47-43(69-46-40(61)37(58)34(55)23(4)64-46)42(68-44-38(59)35(56)29(53)19-62-44)41(31(18-52)66-47)67-45-39(60)36(57)33(54)22(3)63-45/h7,20-23,25-47,51-61H,8-19H2,1-6H3/t20-,21-,22-,23-,25?,26+,27-,28-,29+,30?,31+,32-,33-,34-,35-,36+,37+,38+,39+,40+,41+,42-,43+,44-,45-,46-,47+,48-,49-,50+/m0/s1. The average molecular weight is 1000 g/mol. The van der Waals surface area contributed by atoms with Crippen LogP contribution in [0.3, 0.4) is 0 Å². The van der Waals surface area contributed by atoms with E-state index in [1.807, 2.05) is 0 Å². The summed E-state index contributed by atoms with van der Waals surface area (Å²) in [6, 6.07) is 0. The van der Waals surface area contributed by atoms with Crippen LogP contribution in [0.2, 0.25) is 0 Å². The van der Waals surface area contributed by atoms with Crippen LogP contribution in [0.15, 0.2) is 11.6 Å². The second-order valence-electron chi connectivity index (χ2n) is 23.6. The first-order valence-corrected chi connectivity index (χ1v) is 26.2. The summed E-state index contributed by atoms with van der Waals surface area (Å²) in [6.45, 7) is 12.5. The Bertz CT molecular complexity index is 1860. The molecule has 20 heteroatoms. The number of hydrogen-bond donors (Lipinski definition) is 11. The first-order chi connectivity index (χ1) is 33.2. The van der Waals surface area contributed by atoms with Crippen molar-refractivity contribution in [3.8, 4) is 0 Å². The van der Waals surface area contributed by atoms with Gasteiger partial charge in [0, 0.05) is 12.5 Å². The highest BCUT2D eigenvalue weighted by Gasteiger charge is 2.68. The monoisotopic (exact) mass is 1000 g/mol. The molecule has 11 N–H and O–H groups in total. The number of nitrogens with one attached hydrogen (secondary N) is 1. The molecule has 0 aromatic carbocycles. The topological polar surface area (TPSA) is 297 Å². The third kappa shape index (κ3) is 8.79. The number of allylic oxidation sites excluding steroid dienone is 1. The molecule has 9 fully saturated rings. The molecule has 6 heterocycles. The molecule has 30 atom stereocenters. The van der Waals surface area contributed by atoms with Crippen molar-refractivity contribution in [3.05, 3.63) is 11.6 Å². The summed E-state index contributed by atoms with van der Waals surface area (Å²) in [5.41, 5.74) is 1.19. The van der Waals surface area contributed by atoms with E-state index in [0.717, 1.165) is 45.1 Å². The molecule has 3 saturated carbocycles. The van der Waals surface area contributed by atoms with Gasteiger partial charge in [0.05, 0.1) is 37.6 Å². The predicted molar refractivity (Wildman–Crippen MR) is 241 cm³/mol. The second kappa shape index (κ2) is 19.8. The molecule has 2 unspecified atom stereocenters. The quantitative estimate of drug-likeness (QED) is 0.127. The van der Waals surface area contributed by atoms with Crippen LogP contribution < -0.4 is 5.32 Å². The second-order valence-corrected chi connectivity index (χ2v) is 23.6. The number of aliphatic hydroxyl groups is 10. The van der Waals surface area contributed by atoms with Crippen LogP contribution in [0.4, 0.5) is 0 Å². The number of piperidine rings is 1. The molecular weight excluding hydrogens is 919 g/mol. The Morgan fingerprint density at radius 3 is 1.94 bits per heavy atom. The van der Waals surface area contributed by atoms with Gasteiger partial charge in [-0.1, -0.05) is 39.3 Å². The molecule has 6 saturated heterocycles. The molecule has 0 radical (unpaired) electrons. The Morgan fingerprint density at radius 2 is 1.30 bits per heavy atom. The molecule has 10 aliphatic rings. The molecule has 10 rings (SSSR count). The van der Waals surface area contributed by atoms with E-state index in [1.165, 1.54) is 25.8 Å². The molecule has 6 aliphatic heterocycles. The van der Waals surface area contributed by atoms with E-state index in [9.17, 15) is 51.1 Å². The van der Waals surface area contributed by atoms with E-state index in [0.29, 0.717) is 48.3 Å². The van der Waals surface area contributed by atoms with E-state index in [2.05, 4.69) is 39.1 Å². The first-order valence-electron chi connectivity index (χ1n) is 26.2. The lowest BCUT2D eigenvalue weighted by Crippen LogP contribution is -2.68. The zero-order valence-corrected chi connectivity index (χ0v) is 41.3. The average Bonchev–Trinajstić information content (AvgIpc) is 3.79. The predicted octanol–water partition coefficient (Wildman–Crippen LogP) is -0.722. The summed E-state index contributed by atoms with van der Waals surface area (Å²) >= 11 is 0. The number of hydrogen-bond acceptors (Lipinski definition) is 20. The van der Waals surface area contributed by atoms with Gasteiger partial charge in [-0.05, 0) is 112 Å². The number of rotatable bonds is 9. The molecule has 70 heavy (non-hydrogen) atoms. The summed E-state index contributed by atoms with van der Waals surface area (Å²) in [5, 5.41) is 112. The lowest BCUT2D eigenvalue weighted by atomic mass is 9.47. The maximum atomic E-state index is 11.3. The zero-order chi connectivity index (χ0) is 49.9. The minimum atomic E-state index is -1.83. The van der Waals surface area contributed by atoms with Crippen molar-refractivity contribution in [1.29, 1.82) is 0 Å². The minimum Gasteiger partial charge on any atom is -0.394 e. The van der Waals surface area contributed by atoms with Crippen molar-refractivity contribution >= 4 is 0 Å². The van der Waals surface area contributed by atoms with Crippen molar-refractivity contribution in [2.24, 2.45) is 46.3 Å². The molecule has 0 amide bonds. The van der Waals surface area contributed by atoms with Crippen LogP contribution in [0.5, 0.6) is 0 Å². The van der Waals surface area contributed by atoms with Crippen molar-refractivity contribution in [2.75, 3.05) is 19.8 Å². The Balaban J connectivity index is 0.920. The third-order valence-corrected chi connectivity index (χ3v) is 19.6. The van der Waals surface area contributed by atoms with E-state index in [4.69, 9.17) is 42.6 Å². The van der Waals surface area contributed by atoms with E-state index >= 15 is 0 Å². The van der Waals surface area contributed by atoms with E-state index in [-0.39, 0.29) is 22.7 Å². The van der Waals surface area contributed by atoms with Gasteiger partial charge in [0.1, 0.15) is 85.1 Å². The largest absolute Gasteiger partial charge is 0.394 e. The highest BCUT2D eigenvalue weighted by atomic mass is 16.8. The van der Waals surface area contributed by atoms with Gasteiger partial charge in [0.2, 0.25) is 0 Å². The molecule has 1 spiro atoms. The first kappa shape index (κ1) is 52.4. The van der Waals surface area contributed by atoms with E-state index in [1.54, 1.807) is 0 Å².